The fourth-order valence-corrected chi connectivity index (χ4v) is 1.00. The average molecular weight is 183 g/mol. The summed E-state index contributed by atoms with van der Waals surface area (Å²) in [7, 11) is 0. The zero-order valence-corrected chi connectivity index (χ0v) is 8.24. The number of hydrogen-bond acceptors (Lipinski definition) is 4. The summed E-state index contributed by atoms with van der Waals surface area (Å²) in [6.45, 7) is 3.37. The predicted molar refractivity (Wildman–Crippen MR) is 44.3 cm³/mol. The maximum Gasteiger partial charge on any atom is 0.341 e. The molecule has 5 heteroatoms. The Labute approximate surface area is 79.2 Å². The molecule has 2 radical (unpaired) electrons. The average Bonchev–Trinajstić information content (AvgIpc) is 1.85. The number of nitrogens with two attached hydrogens (primary N) is 1. The van der Waals surface area contributed by atoms with E-state index in [2.05, 4.69) is 4.74 Å². The summed E-state index contributed by atoms with van der Waals surface area (Å²) in [6.07, 6.45) is 0. The smallest absolute Gasteiger partial charge is 0.341 e. The van der Waals surface area contributed by atoms with Crippen molar-refractivity contribution in [2.24, 2.45) is 5.73 Å². The lowest BCUT2D eigenvalue weighted by Gasteiger charge is -2.05. The highest BCUT2D eigenvalue weighted by molar-refractivity contribution is 6.65. The van der Waals surface area contributed by atoms with E-state index in [1.165, 1.54) is 6.92 Å². The number of allylic oxidation sites excluding steroid dienone is 1. The Kier molecular flexibility index (Phi) is 4.64. The second-order valence-corrected chi connectivity index (χ2v) is 2.67. The summed E-state index contributed by atoms with van der Waals surface area (Å²) < 4.78 is 4.17. The Morgan fingerprint density at radius 1 is 1.50 bits per heavy atom. The molecule has 0 saturated carbocycles. The number of carbonyl (C=O) groups is 2. The molecule has 0 saturated heterocycles. The van der Waals surface area contributed by atoms with Gasteiger partial charge < -0.3 is 15.3 Å². The van der Waals surface area contributed by atoms with Gasteiger partial charge in [-0.1, -0.05) is 0 Å². The van der Waals surface area contributed by atoms with Gasteiger partial charge in [0.25, 0.3) is 16.3 Å². The summed E-state index contributed by atoms with van der Waals surface area (Å²) in [4.78, 5) is 21.9. The van der Waals surface area contributed by atoms with Gasteiger partial charge in [-0.2, -0.15) is 0 Å². The first-order valence-corrected chi connectivity index (χ1v) is 4.01. The van der Waals surface area contributed by atoms with E-state index in [-0.39, 0.29) is 17.9 Å². The van der Waals surface area contributed by atoms with Crippen LogP contribution < -0.4 is 5.73 Å². The SMILES string of the molecule is CCOC(=O)C([C](=O)[Al])=C(C)N. The Balaban J connectivity index is 4.67. The molecule has 0 aliphatic heterocycles. The fraction of sp³-hybridized carbons (Fsp3) is 0.429. The van der Waals surface area contributed by atoms with Gasteiger partial charge in [-0.15, -0.1) is 0 Å². The maximum absolute atomic E-state index is 11.0. The molecule has 0 bridgehead atoms. The maximum atomic E-state index is 11.0. The van der Waals surface area contributed by atoms with Crippen LogP contribution in [0.2, 0.25) is 0 Å². The van der Waals surface area contributed by atoms with Crippen molar-refractivity contribution in [3.8, 4) is 0 Å². The van der Waals surface area contributed by atoms with Crippen molar-refractivity contribution in [2.75, 3.05) is 6.61 Å². The van der Waals surface area contributed by atoms with E-state index >= 15 is 0 Å². The third-order valence-corrected chi connectivity index (χ3v) is 1.41. The van der Waals surface area contributed by atoms with Crippen LogP contribution in [0.3, 0.4) is 0 Å². The first-order chi connectivity index (χ1) is 5.50. The molecule has 0 aromatic carbocycles. The molecule has 0 spiro atoms. The summed E-state index contributed by atoms with van der Waals surface area (Å²) in [5, 5.41) is 0. The third-order valence-electron chi connectivity index (χ3n) is 1.12. The topological polar surface area (TPSA) is 69.4 Å². The standard InChI is InChI=1S/C7H10NO3.Al/c1-3-11-7(10)6(4-9)5(2)8;/h3,8H2,1-2H3;. The molecule has 4 nitrogen and oxygen atoms in total. The molecule has 2 N–H and O–H groups in total. The van der Waals surface area contributed by atoms with Crippen LogP contribution in [0.25, 0.3) is 0 Å². The molecule has 0 rings (SSSR count). The van der Waals surface area contributed by atoms with Gasteiger partial charge >= 0.3 is 5.97 Å². The Hall–Kier alpha value is -0.788. The number of ether oxygens (including phenoxy) is 1. The highest BCUT2D eigenvalue weighted by Gasteiger charge is 2.15. The Morgan fingerprint density at radius 2 is 2.00 bits per heavy atom. The summed E-state index contributed by atoms with van der Waals surface area (Å²) in [5.41, 5.74) is 5.39. The van der Waals surface area contributed by atoms with E-state index in [1.54, 1.807) is 6.92 Å². The Bertz CT molecular complexity index is 231. The Morgan fingerprint density at radius 3 is 2.25 bits per heavy atom. The van der Waals surface area contributed by atoms with E-state index in [9.17, 15) is 9.59 Å². The van der Waals surface area contributed by atoms with Crippen LogP contribution >= 0.6 is 0 Å². The minimum absolute atomic E-state index is 0.0955. The van der Waals surface area contributed by atoms with Crippen LogP contribution in [0.1, 0.15) is 13.8 Å². The van der Waals surface area contributed by atoms with Crippen LogP contribution in [0.4, 0.5) is 0 Å². The van der Waals surface area contributed by atoms with Crippen molar-refractivity contribution in [3.63, 3.8) is 0 Å². The summed E-state index contributed by atoms with van der Waals surface area (Å²) >= 11 is 1.88. The van der Waals surface area contributed by atoms with Crippen LogP contribution in [-0.4, -0.2) is 33.5 Å². The van der Waals surface area contributed by atoms with Gasteiger partial charge in [0, 0.05) is 5.70 Å². The molecule has 0 unspecified atom stereocenters. The van der Waals surface area contributed by atoms with Crippen LogP contribution in [0.15, 0.2) is 11.3 Å². The van der Waals surface area contributed by atoms with E-state index in [0.717, 1.165) is 0 Å². The molecule has 12 heavy (non-hydrogen) atoms. The van der Waals surface area contributed by atoms with E-state index in [0.29, 0.717) is 0 Å². The minimum Gasteiger partial charge on any atom is -0.462 e. The number of hydrogen-bond donors (Lipinski definition) is 1. The predicted octanol–water partition coefficient (Wildman–Crippen LogP) is -0.523. The lowest BCUT2D eigenvalue weighted by Crippen LogP contribution is -2.20. The van der Waals surface area contributed by atoms with E-state index in [4.69, 9.17) is 5.73 Å². The second kappa shape index (κ2) is 4.96. The molecule has 64 valence electrons. The molecular formula is C7H10AlNO3. The quantitative estimate of drug-likeness (QED) is 0.210. The van der Waals surface area contributed by atoms with Crippen molar-refractivity contribution in [1.29, 1.82) is 0 Å². The van der Waals surface area contributed by atoms with Crippen molar-refractivity contribution in [2.45, 2.75) is 13.8 Å². The van der Waals surface area contributed by atoms with E-state index < -0.39 is 10.6 Å². The lowest BCUT2D eigenvalue weighted by molar-refractivity contribution is -0.139. The zero-order valence-electron chi connectivity index (χ0n) is 7.09. The normalized spacial score (nSPS) is 11.8. The van der Waals surface area contributed by atoms with Gasteiger partial charge in [-0.25, -0.2) is 4.79 Å². The van der Waals surface area contributed by atoms with E-state index in [1.807, 2.05) is 16.3 Å². The molecular weight excluding hydrogens is 173 g/mol. The van der Waals surface area contributed by atoms with Crippen molar-refractivity contribution in [3.05, 3.63) is 11.3 Å². The molecule has 0 aliphatic carbocycles. The molecule has 0 atom stereocenters. The molecule has 0 aromatic rings. The number of carbonyl (C=O) groups excluding carboxylic acids is 2. The molecule has 0 aromatic heterocycles. The van der Waals surface area contributed by atoms with Crippen molar-refractivity contribution in [1.82, 2.24) is 0 Å². The zero-order chi connectivity index (χ0) is 9.72. The fourth-order valence-electron chi connectivity index (χ4n) is 0.659. The first kappa shape index (κ1) is 11.2. The van der Waals surface area contributed by atoms with Gasteiger partial charge in [-0.3, -0.25) is 0 Å². The number of esters is 1. The monoisotopic (exact) mass is 183 g/mol. The third kappa shape index (κ3) is 3.08. The highest BCUT2D eigenvalue weighted by Crippen LogP contribution is 2.01. The molecule has 0 aliphatic rings. The van der Waals surface area contributed by atoms with Crippen LogP contribution in [0.5, 0.6) is 0 Å². The highest BCUT2D eigenvalue weighted by atomic mass is 27.0. The van der Waals surface area contributed by atoms with Crippen molar-refractivity contribution >= 4 is 26.9 Å². The van der Waals surface area contributed by atoms with Crippen LogP contribution in [0, 0.1) is 0 Å². The van der Waals surface area contributed by atoms with Gasteiger partial charge in [-0.05, 0) is 13.8 Å². The number of rotatable bonds is 3. The molecule has 0 amide bonds. The largest absolute Gasteiger partial charge is 0.462 e. The van der Waals surface area contributed by atoms with Gasteiger partial charge in [0.2, 0.25) is 0 Å². The minimum atomic E-state index is -0.669. The molecule has 0 heterocycles. The first-order valence-electron chi connectivity index (χ1n) is 3.44. The second-order valence-electron chi connectivity index (χ2n) is 2.14. The van der Waals surface area contributed by atoms with Gasteiger partial charge in [0.15, 0.2) is 0 Å². The molecule has 0 fully saturated rings. The van der Waals surface area contributed by atoms with Gasteiger partial charge in [0.1, 0.15) is 0 Å². The summed E-state index contributed by atoms with van der Waals surface area (Å²) in [6, 6.07) is 0. The van der Waals surface area contributed by atoms with Crippen LogP contribution in [-0.2, 0) is 14.3 Å². The van der Waals surface area contributed by atoms with Crippen molar-refractivity contribution < 1.29 is 14.3 Å². The summed E-state index contributed by atoms with van der Waals surface area (Å²) in [5.74, 6) is -0.669. The lowest BCUT2D eigenvalue weighted by atomic mass is 10.2. The van der Waals surface area contributed by atoms with Gasteiger partial charge in [0.05, 0.1) is 16.8 Å².